The van der Waals surface area contributed by atoms with Gasteiger partial charge in [0.2, 0.25) is 0 Å². The van der Waals surface area contributed by atoms with Crippen molar-refractivity contribution >= 4 is 39.1 Å². The topological polar surface area (TPSA) is 104 Å². The second-order valence-corrected chi connectivity index (χ2v) is 6.42. The van der Waals surface area contributed by atoms with Gasteiger partial charge in [-0.15, -0.1) is 0 Å². The van der Waals surface area contributed by atoms with Crippen molar-refractivity contribution in [2.75, 3.05) is 6.61 Å². The molecule has 0 aliphatic heterocycles. The molecule has 0 radical (unpaired) electrons. The lowest BCUT2D eigenvalue weighted by Crippen LogP contribution is -2.23. The van der Waals surface area contributed by atoms with Crippen molar-refractivity contribution < 1.29 is 19.2 Å². The van der Waals surface area contributed by atoms with E-state index in [0.29, 0.717) is 15.0 Å². The summed E-state index contributed by atoms with van der Waals surface area (Å²) in [5.41, 5.74) is 0.563. The van der Waals surface area contributed by atoms with Gasteiger partial charge < -0.3 is 9.30 Å². The SMILES string of the molecule is CCOC(=O)Cn1c(=NC(=O)C2CC2)sc2cc([N+](=O)[O-])ccc21. The quantitative estimate of drug-likeness (QED) is 0.466. The number of nitrogens with zero attached hydrogens (tertiary/aromatic N) is 3. The van der Waals surface area contributed by atoms with Gasteiger partial charge in [-0.1, -0.05) is 11.3 Å². The monoisotopic (exact) mass is 349 g/mol. The predicted molar refractivity (Wildman–Crippen MR) is 86.4 cm³/mol. The summed E-state index contributed by atoms with van der Waals surface area (Å²) in [5, 5.41) is 10.9. The Kier molecular flexibility index (Phi) is 4.43. The van der Waals surface area contributed by atoms with E-state index >= 15 is 0 Å². The van der Waals surface area contributed by atoms with E-state index in [2.05, 4.69) is 4.99 Å². The normalized spacial score (nSPS) is 14.8. The highest BCUT2D eigenvalue weighted by atomic mass is 32.1. The first kappa shape index (κ1) is 16.3. The van der Waals surface area contributed by atoms with Crippen LogP contribution in [0, 0.1) is 16.0 Å². The molecule has 0 N–H and O–H groups in total. The number of hydrogen-bond acceptors (Lipinski definition) is 6. The van der Waals surface area contributed by atoms with Crippen LogP contribution in [0.15, 0.2) is 23.2 Å². The highest BCUT2D eigenvalue weighted by Crippen LogP contribution is 2.30. The van der Waals surface area contributed by atoms with Gasteiger partial charge in [-0.2, -0.15) is 4.99 Å². The van der Waals surface area contributed by atoms with Gasteiger partial charge in [0.1, 0.15) is 6.54 Å². The zero-order chi connectivity index (χ0) is 17.3. The molecule has 1 fully saturated rings. The summed E-state index contributed by atoms with van der Waals surface area (Å²) in [7, 11) is 0. The number of fused-ring (bicyclic) bond motifs is 1. The van der Waals surface area contributed by atoms with Crippen LogP contribution in [0.3, 0.4) is 0 Å². The molecule has 8 nitrogen and oxygen atoms in total. The third-order valence-electron chi connectivity index (χ3n) is 3.60. The van der Waals surface area contributed by atoms with Crippen LogP contribution in [0.5, 0.6) is 0 Å². The molecule has 1 amide bonds. The summed E-state index contributed by atoms with van der Waals surface area (Å²) in [6.07, 6.45) is 1.66. The number of esters is 1. The number of carbonyl (C=O) groups excluding carboxylic acids is 2. The van der Waals surface area contributed by atoms with E-state index < -0.39 is 10.9 Å². The average molecular weight is 349 g/mol. The fourth-order valence-electron chi connectivity index (χ4n) is 2.27. The van der Waals surface area contributed by atoms with E-state index in [0.717, 1.165) is 24.2 Å². The standard InChI is InChI=1S/C15H15N3O5S/c1-2-23-13(19)8-17-11-6-5-10(18(21)22)7-12(11)24-15(17)16-14(20)9-3-4-9/h5-7,9H,2-4,8H2,1H3. The van der Waals surface area contributed by atoms with Crippen LogP contribution in [0.1, 0.15) is 19.8 Å². The third-order valence-corrected chi connectivity index (χ3v) is 4.64. The molecule has 24 heavy (non-hydrogen) atoms. The predicted octanol–water partition coefficient (Wildman–Crippen LogP) is 2.01. The van der Waals surface area contributed by atoms with Gasteiger partial charge in [-0.05, 0) is 25.8 Å². The number of amides is 1. The summed E-state index contributed by atoms with van der Waals surface area (Å²) < 4.78 is 7.12. The molecule has 0 bridgehead atoms. The molecule has 1 aromatic carbocycles. The lowest BCUT2D eigenvalue weighted by atomic mass is 10.3. The first-order valence-electron chi connectivity index (χ1n) is 7.51. The number of thiazole rings is 1. The average Bonchev–Trinajstić information content (AvgIpc) is 3.33. The molecule has 0 saturated heterocycles. The molecule has 1 heterocycles. The van der Waals surface area contributed by atoms with E-state index in [1.54, 1.807) is 17.6 Å². The molecular formula is C15H15N3O5S. The Morgan fingerprint density at radius 2 is 2.21 bits per heavy atom. The number of aromatic nitrogens is 1. The second kappa shape index (κ2) is 6.52. The first-order valence-corrected chi connectivity index (χ1v) is 8.33. The lowest BCUT2D eigenvalue weighted by molar-refractivity contribution is -0.384. The summed E-state index contributed by atoms with van der Waals surface area (Å²) in [6.45, 7) is 1.86. The number of non-ortho nitro benzene ring substituents is 1. The van der Waals surface area contributed by atoms with Crippen molar-refractivity contribution in [3.05, 3.63) is 33.1 Å². The number of carbonyl (C=O) groups is 2. The van der Waals surface area contributed by atoms with Crippen LogP contribution in [-0.2, 0) is 20.9 Å². The molecule has 0 unspecified atom stereocenters. The fraction of sp³-hybridized carbons (Fsp3) is 0.400. The summed E-state index contributed by atoms with van der Waals surface area (Å²) in [6, 6.07) is 4.34. The molecule has 1 aliphatic rings. The fourth-order valence-corrected chi connectivity index (χ4v) is 3.33. The molecule has 1 aromatic heterocycles. The van der Waals surface area contributed by atoms with Gasteiger partial charge in [-0.25, -0.2) is 0 Å². The van der Waals surface area contributed by atoms with Gasteiger partial charge in [-0.3, -0.25) is 19.7 Å². The number of hydrogen-bond donors (Lipinski definition) is 0. The molecule has 2 aromatic rings. The summed E-state index contributed by atoms with van der Waals surface area (Å²) in [4.78, 5) is 38.7. The molecule has 3 rings (SSSR count). The van der Waals surface area contributed by atoms with Crippen molar-refractivity contribution in [1.29, 1.82) is 0 Å². The molecule has 1 saturated carbocycles. The highest BCUT2D eigenvalue weighted by molar-refractivity contribution is 7.16. The van der Waals surface area contributed by atoms with Gasteiger partial charge >= 0.3 is 5.97 Å². The maximum atomic E-state index is 12.0. The highest BCUT2D eigenvalue weighted by Gasteiger charge is 2.29. The smallest absolute Gasteiger partial charge is 0.326 e. The lowest BCUT2D eigenvalue weighted by Gasteiger charge is -2.04. The van der Waals surface area contributed by atoms with E-state index in [-0.39, 0.29) is 30.7 Å². The number of nitro benzene ring substituents is 1. The van der Waals surface area contributed by atoms with E-state index in [9.17, 15) is 19.7 Å². The molecule has 1 aliphatic carbocycles. The molecule has 9 heteroatoms. The van der Waals surface area contributed by atoms with Crippen molar-refractivity contribution in [1.82, 2.24) is 4.57 Å². The van der Waals surface area contributed by atoms with Gasteiger partial charge in [0.25, 0.3) is 11.6 Å². The van der Waals surface area contributed by atoms with E-state index in [1.165, 1.54) is 12.1 Å². The minimum Gasteiger partial charge on any atom is -0.465 e. The Balaban J connectivity index is 2.10. The van der Waals surface area contributed by atoms with Crippen LogP contribution in [0.4, 0.5) is 5.69 Å². The number of benzene rings is 1. The Bertz CT molecular complexity index is 894. The number of ether oxygens (including phenoxy) is 1. The van der Waals surface area contributed by atoms with Crippen LogP contribution < -0.4 is 4.80 Å². The third kappa shape index (κ3) is 3.35. The molecule has 0 atom stereocenters. The minimum absolute atomic E-state index is 0.0411. The Labute approximate surface area is 140 Å². The van der Waals surface area contributed by atoms with Crippen LogP contribution in [-0.4, -0.2) is 28.0 Å². The Hall–Kier alpha value is -2.55. The van der Waals surface area contributed by atoms with Crippen molar-refractivity contribution in [2.24, 2.45) is 10.9 Å². The van der Waals surface area contributed by atoms with E-state index in [4.69, 9.17) is 4.74 Å². The van der Waals surface area contributed by atoms with Gasteiger partial charge in [0.15, 0.2) is 4.80 Å². The van der Waals surface area contributed by atoms with Gasteiger partial charge in [0.05, 0.1) is 21.7 Å². The van der Waals surface area contributed by atoms with Crippen molar-refractivity contribution in [2.45, 2.75) is 26.3 Å². The molecule has 0 spiro atoms. The van der Waals surface area contributed by atoms with Gasteiger partial charge in [0, 0.05) is 18.1 Å². The largest absolute Gasteiger partial charge is 0.465 e. The summed E-state index contributed by atoms with van der Waals surface area (Å²) in [5.74, 6) is -0.704. The first-order chi connectivity index (χ1) is 11.5. The van der Waals surface area contributed by atoms with Crippen LogP contribution in [0.25, 0.3) is 10.2 Å². The number of rotatable bonds is 5. The van der Waals surface area contributed by atoms with Crippen LogP contribution >= 0.6 is 11.3 Å². The maximum Gasteiger partial charge on any atom is 0.326 e. The summed E-state index contributed by atoms with van der Waals surface area (Å²) >= 11 is 1.15. The van der Waals surface area contributed by atoms with Crippen molar-refractivity contribution in [3.8, 4) is 0 Å². The molecule has 126 valence electrons. The second-order valence-electron chi connectivity index (χ2n) is 5.41. The minimum atomic E-state index is -0.485. The van der Waals surface area contributed by atoms with E-state index in [1.807, 2.05) is 0 Å². The maximum absolute atomic E-state index is 12.0. The Morgan fingerprint density at radius 1 is 1.46 bits per heavy atom. The molecular weight excluding hydrogens is 334 g/mol. The Morgan fingerprint density at radius 3 is 2.83 bits per heavy atom. The number of nitro groups is 1. The van der Waals surface area contributed by atoms with Crippen LogP contribution in [0.2, 0.25) is 0 Å². The zero-order valence-electron chi connectivity index (χ0n) is 12.9. The zero-order valence-corrected chi connectivity index (χ0v) is 13.7. The van der Waals surface area contributed by atoms with Crippen molar-refractivity contribution in [3.63, 3.8) is 0 Å².